The Labute approximate surface area is 144 Å². The minimum absolute atomic E-state index is 0.120. The van der Waals surface area contributed by atoms with E-state index in [2.05, 4.69) is 20.3 Å². The molecule has 1 saturated heterocycles. The lowest BCUT2D eigenvalue weighted by Crippen LogP contribution is -2.45. The number of carbonyl (C=O) groups excluding carboxylic acids is 1. The van der Waals surface area contributed by atoms with Crippen molar-refractivity contribution >= 4 is 23.1 Å². The third-order valence-corrected chi connectivity index (χ3v) is 4.89. The van der Waals surface area contributed by atoms with Gasteiger partial charge in [-0.3, -0.25) is 4.79 Å². The minimum Gasteiger partial charge on any atom is -0.386 e. The Morgan fingerprint density at radius 3 is 3.00 bits per heavy atom. The van der Waals surface area contributed by atoms with E-state index in [1.165, 1.54) is 17.7 Å². The van der Waals surface area contributed by atoms with Crippen LogP contribution in [0.4, 0.5) is 5.82 Å². The number of amides is 1. The first kappa shape index (κ1) is 16.8. The van der Waals surface area contributed by atoms with Crippen LogP contribution >= 0.6 is 11.3 Å². The first-order chi connectivity index (χ1) is 11.4. The largest absolute Gasteiger partial charge is 0.386 e. The molecule has 0 spiro atoms. The lowest BCUT2D eigenvalue weighted by molar-refractivity contribution is -0.121. The summed E-state index contributed by atoms with van der Waals surface area (Å²) >= 11 is 1.53. The van der Waals surface area contributed by atoms with Gasteiger partial charge in [0.1, 0.15) is 17.7 Å². The highest BCUT2D eigenvalue weighted by Crippen LogP contribution is 2.25. The maximum absolute atomic E-state index is 12.0. The molecule has 8 heteroatoms. The summed E-state index contributed by atoms with van der Waals surface area (Å²) < 4.78 is 0. The number of hydrogen-bond donors (Lipinski definition) is 2. The van der Waals surface area contributed by atoms with E-state index in [-0.39, 0.29) is 18.9 Å². The van der Waals surface area contributed by atoms with E-state index < -0.39 is 5.60 Å². The Balaban J connectivity index is 1.53. The van der Waals surface area contributed by atoms with Gasteiger partial charge in [0, 0.05) is 36.8 Å². The maximum Gasteiger partial charge on any atom is 0.226 e. The molecule has 0 unspecified atom stereocenters. The topological polar surface area (TPSA) is 91.2 Å². The molecule has 2 aromatic rings. The van der Waals surface area contributed by atoms with Crippen molar-refractivity contribution in [3.63, 3.8) is 0 Å². The zero-order valence-electron chi connectivity index (χ0n) is 13.8. The molecule has 0 aliphatic carbocycles. The summed E-state index contributed by atoms with van der Waals surface area (Å²) in [4.78, 5) is 26.7. The van der Waals surface area contributed by atoms with Crippen LogP contribution in [-0.2, 0) is 11.2 Å². The van der Waals surface area contributed by atoms with Crippen molar-refractivity contribution in [1.82, 2.24) is 20.3 Å². The molecule has 1 fully saturated rings. The summed E-state index contributed by atoms with van der Waals surface area (Å²) in [6.45, 7) is 5.20. The Kier molecular flexibility index (Phi) is 4.77. The van der Waals surface area contributed by atoms with Crippen LogP contribution in [0.3, 0.4) is 0 Å². The van der Waals surface area contributed by atoms with E-state index in [9.17, 15) is 9.90 Å². The molecule has 0 radical (unpaired) electrons. The van der Waals surface area contributed by atoms with Crippen molar-refractivity contribution in [3.8, 4) is 0 Å². The van der Waals surface area contributed by atoms with Crippen LogP contribution in [0, 0.1) is 13.8 Å². The van der Waals surface area contributed by atoms with Crippen molar-refractivity contribution in [1.29, 1.82) is 0 Å². The van der Waals surface area contributed by atoms with Gasteiger partial charge < -0.3 is 15.3 Å². The molecular weight excluding hydrogens is 326 g/mol. The lowest BCUT2D eigenvalue weighted by atomic mass is 10.0. The molecule has 1 amide bonds. The molecule has 1 aliphatic rings. The zero-order valence-corrected chi connectivity index (χ0v) is 14.6. The normalized spacial score (nSPS) is 20.4. The second-order valence-corrected chi connectivity index (χ2v) is 7.29. The highest BCUT2D eigenvalue weighted by molar-refractivity contribution is 7.09. The smallest absolute Gasteiger partial charge is 0.226 e. The van der Waals surface area contributed by atoms with Gasteiger partial charge in [-0.25, -0.2) is 15.0 Å². The molecule has 2 N–H and O–H groups in total. The molecule has 0 aromatic carbocycles. The van der Waals surface area contributed by atoms with Gasteiger partial charge in [-0.2, -0.15) is 0 Å². The molecule has 1 atom stereocenters. The highest BCUT2D eigenvalue weighted by Gasteiger charge is 2.37. The number of rotatable bonds is 5. The third kappa shape index (κ3) is 4.07. The number of carbonyl (C=O) groups is 1. The van der Waals surface area contributed by atoms with Gasteiger partial charge >= 0.3 is 0 Å². The second-order valence-electron chi connectivity index (χ2n) is 6.22. The summed E-state index contributed by atoms with van der Waals surface area (Å²) in [5.41, 5.74) is 0.723. The number of thiazole rings is 1. The van der Waals surface area contributed by atoms with Crippen molar-refractivity contribution in [2.45, 2.75) is 32.3 Å². The van der Waals surface area contributed by atoms with E-state index in [0.29, 0.717) is 19.5 Å². The van der Waals surface area contributed by atoms with E-state index in [0.717, 1.165) is 22.2 Å². The van der Waals surface area contributed by atoms with Crippen LogP contribution in [0.1, 0.15) is 22.8 Å². The molecule has 7 nitrogen and oxygen atoms in total. The number of aromatic nitrogens is 3. The fourth-order valence-corrected chi connectivity index (χ4v) is 3.40. The molecule has 3 heterocycles. The average Bonchev–Trinajstić information content (AvgIpc) is 3.12. The summed E-state index contributed by atoms with van der Waals surface area (Å²) in [6, 6.07) is 1.90. The fraction of sp³-hybridized carbons (Fsp3) is 0.500. The zero-order chi connectivity index (χ0) is 17.2. The standard InChI is InChI=1S/C16H21N5O2S/c1-11-5-14(19-10-18-11)21-4-3-16(23,9-21)8-17-15(22)6-13-7-24-12(2)20-13/h5,7,10,23H,3-4,6,8-9H2,1-2H3,(H,17,22)/t16-/m0/s1. The van der Waals surface area contributed by atoms with Crippen LogP contribution < -0.4 is 10.2 Å². The molecule has 0 saturated carbocycles. The van der Waals surface area contributed by atoms with Gasteiger partial charge in [0.2, 0.25) is 5.91 Å². The lowest BCUT2D eigenvalue weighted by Gasteiger charge is -2.24. The van der Waals surface area contributed by atoms with Gasteiger partial charge in [0.25, 0.3) is 0 Å². The summed E-state index contributed by atoms with van der Waals surface area (Å²) in [5.74, 6) is 0.688. The Morgan fingerprint density at radius 1 is 1.46 bits per heavy atom. The van der Waals surface area contributed by atoms with E-state index in [4.69, 9.17) is 0 Å². The molecule has 24 heavy (non-hydrogen) atoms. The van der Waals surface area contributed by atoms with Crippen LogP contribution in [0.15, 0.2) is 17.8 Å². The van der Waals surface area contributed by atoms with Crippen molar-refractivity contribution in [2.24, 2.45) is 0 Å². The number of nitrogens with one attached hydrogen (secondary N) is 1. The van der Waals surface area contributed by atoms with E-state index >= 15 is 0 Å². The number of aryl methyl sites for hydroxylation is 2. The molecule has 0 bridgehead atoms. The quantitative estimate of drug-likeness (QED) is 0.833. The molecule has 1 aliphatic heterocycles. The first-order valence-electron chi connectivity index (χ1n) is 7.87. The number of β-amino-alcohol motifs (C(OH)–C–C–N with tert-alkyl or cyclic N) is 1. The molecule has 3 rings (SSSR count). The molecular formula is C16H21N5O2S. The number of hydrogen-bond acceptors (Lipinski definition) is 7. The maximum atomic E-state index is 12.0. The SMILES string of the molecule is Cc1cc(N2CC[C@](O)(CNC(=O)Cc3csc(C)n3)C2)ncn1. The van der Waals surface area contributed by atoms with Gasteiger partial charge in [-0.15, -0.1) is 11.3 Å². The molecule has 2 aromatic heterocycles. The van der Waals surface area contributed by atoms with Crippen molar-refractivity contribution < 1.29 is 9.90 Å². The van der Waals surface area contributed by atoms with Crippen LogP contribution in [0.25, 0.3) is 0 Å². The fourth-order valence-electron chi connectivity index (χ4n) is 2.79. The van der Waals surface area contributed by atoms with E-state index in [1.54, 1.807) is 0 Å². The predicted molar refractivity (Wildman–Crippen MR) is 92.1 cm³/mol. The van der Waals surface area contributed by atoms with Gasteiger partial charge in [-0.05, 0) is 20.3 Å². The predicted octanol–water partition coefficient (Wildman–Crippen LogP) is 0.850. The second kappa shape index (κ2) is 6.82. The summed E-state index contributed by atoms with van der Waals surface area (Å²) in [6.07, 6.45) is 2.36. The Hall–Kier alpha value is -2.06. The monoisotopic (exact) mass is 347 g/mol. The minimum atomic E-state index is -0.938. The number of anilines is 1. The van der Waals surface area contributed by atoms with Crippen LogP contribution in [-0.4, -0.2) is 51.2 Å². The Bertz CT molecular complexity index is 735. The highest BCUT2D eigenvalue weighted by atomic mass is 32.1. The number of aliphatic hydroxyl groups is 1. The summed E-state index contributed by atoms with van der Waals surface area (Å²) in [7, 11) is 0. The van der Waals surface area contributed by atoms with Crippen molar-refractivity contribution in [2.75, 3.05) is 24.5 Å². The van der Waals surface area contributed by atoms with Crippen LogP contribution in [0.2, 0.25) is 0 Å². The molecule has 128 valence electrons. The average molecular weight is 347 g/mol. The Morgan fingerprint density at radius 2 is 2.29 bits per heavy atom. The first-order valence-corrected chi connectivity index (χ1v) is 8.75. The summed E-state index contributed by atoms with van der Waals surface area (Å²) in [5, 5.41) is 16.4. The third-order valence-electron chi connectivity index (χ3n) is 4.07. The number of nitrogens with zero attached hydrogens (tertiary/aromatic N) is 4. The van der Waals surface area contributed by atoms with Gasteiger partial charge in [0.15, 0.2) is 0 Å². The van der Waals surface area contributed by atoms with Gasteiger partial charge in [-0.1, -0.05) is 0 Å². The van der Waals surface area contributed by atoms with Gasteiger partial charge in [0.05, 0.1) is 17.1 Å². The van der Waals surface area contributed by atoms with E-state index in [1.807, 2.05) is 30.2 Å². The van der Waals surface area contributed by atoms with Crippen molar-refractivity contribution in [3.05, 3.63) is 34.2 Å². The van der Waals surface area contributed by atoms with Crippen LogP contribution in [0.5, 0.6) is 0 Å².